The third kappa shape index (κ3) is 2.42. The highest BCUT2D eigenvalue weighted by atomic mass is 16.6. The van der Waals surface area contributed by atoms with Crippen LogP contribution in [0.25, 0.3) is 0 Å². The molecule has 18 heavy (non-hydrogen) atoms. The van der Waals surface area contributed by atoms with Gasteiger partial charge in [-0.1, -0.05) is 11.7 Å². The molecule has 8 heteroatoms. The number of hydrogen-bond acceptors (Lipinski definition) is 6. The Morgan fingerprint density at radius 1 is 1.56 bits per heavy atom. The Hall–Kier alpha value is -2.51. The van der Waals surface area contributed by atoms with Gasteiger partial charge in [-0.05, 0) is 17.1 Å². The second-order valence-electron chi connectivity index (χ2n) is 3.53. The van der Waals surface area contributed by atoms with Crippen LogP contribution in [-0.4, -0.2) is 25.7 Å². The van der Waals surface area contributed by atoms with Crippen molar-refractivity contribution in [3.8, 4) is 0 Å². The van der Waals surface area contributed by atoms with Crippen molar-refractivity contribution < 1.29 is 14.1 Å². The van der Waals surface area contributed by atoms with E-state index in [1.807, 2.05) is 0 Å². The van der Waals surface area contributed by atoms with Crippen LogP contribution in [0.15, 0.2) is 22.7 Å². The van der Waals surface area contributed by atoms with Crippen molar-refractivity contribution in [1.82, 2.24) is 15.0 Å². The topological polar surface area (TPSA) is 104 Å². The lowest BCUT2D eigenvalue weighted by molar-refractivity contribution is -0.389. The first-order valence-corrected chi connectivity index (χ1v) is 5.26. The number of furan rings is 1. The van der Waals surface area contributed by atoms with Crippen molar-refractivity contribution in [2.75, 3.05) is 0 Å². The van der Waals surface area contributed by atoms with Crippen LogP contribution in [0, 0.1) is 10.1 Å². The second kappa shape index (κ2) is 4.78. The predicted octanol–water partition coefficient (Wildman–Crippen LogP) is 1.42. The molecular weight excluding hydrogens is 240 g/mol. The van der Waals surface area contributed by atoms with Gasteiger partial charge in [-0.3, -0.25) is 4.79 Å². The summed E-state index contributed by atoms with van der Waals surface area (Å²) in [5.41, 5.74) is 0. The standard InChI is InChI=1S/C10H10N4O4/c1-2-8(15)9-4-3-7(18-9)6-13-11-5-10(12-13)14(16)17/h3-5H,2,6H2,1H3. The molecule has 0 spiro atoms. The number of aromatic nitrogens is 3. The minimum Gasteiger partial charge on any atom is -0.456 e. The molecule has 0 saturated carbocycles. The number of ketones is 1. The Morgan fingerprint density at radius 3 is 2.94 bits per heavy atom. The van der Waals surface area contributed by atoms with Crippen LogP contribution in [0.3, 0.4) is 0 Å². The summed E-state index contributed by atoms with van der Waals surface area (Å²) in [5.74, 6) is 0.318. The van der Waals surface area contributed by atoms with Crippen LogP contribution in [0.2, 0.25) is 0 Å². The van der Waals surface area contributed by atoms with Gasteiger partial charge in [0.15, 0.2) is 17.7 Å². The molecule has 2 heterocycles. The average Bonchev–Trinajstić information content (AvgIpc) is 2.98. The number of carbonyl (C=O) groups is 1. The summed E-state index contributed by atoms with van der Waals surface area (Å²) < 4.78 is 5.29. The minimum atomic E-state index is -0.627. The van der Waals surface area contributed by atoms with E-state index in [1.165, 1.54) is 0 Å². The smallest absolute Gasteiger partial charge is 0.410 e. The zero-order chi connectivity index (χ0) is 13.1. The van der Waals surface area contributed by atoms with E-state index in [2.05, 4.69) is 10.2 Å². The zero-order valence-corrected chi connectivity index (χ0v) is 9.57. The Kier molecular flexibility index (Phi) is 3.18. The Balaban J connectivity index is 2.11. The van der Waals surface area contributed by atoms with Crippen LogP contribution >= 0.6 is 0 Å². The Bertz CT molecular complexity index is 586. The molecule has 2 rings (SSSR count). The molecule has 0 aliphatic carbocycles. The largest absolute Gasteiger partial charge is 0.456 e. The van der Waals surface area contributed by atoms with Gasteiger partial charge in [-0.2, -0.15) is 0 Å². The van der Waals surface area contributed by atoms with Gasteiger partial charge in [0.2, 0.25) is 0 Å². The van der Waals surface area contributed by atoms with E-state index >= 15 is 0 Å². The summed E-state index contributed by atoms with van der Waals surface area (Å²) >= 11 is 0. The number of Topliss-reactive ketones (excluding diaryl/α,β-unsaturated/α-hetero) is 1. The molecule has 0 aliphatic heterocycles. The van der Waals surface area contributed by atoms with E-state index in [-0.39, 0.29) is 23.9 Å². The van der Waals surface area contributed by atoms with E-state index < -0.39 is 4.92 Å². The molecule has 8 nitrogen and oxygen atoms in total. The van der Waals surface area contributed by atoms with Gasteiger partial charge < -0.3 is 14.5 Å². The van der Waals surface area contributed by atoms with Gasteiger partial charge >= 0.3 is 5.82 Å². The maximum absolute atomic E-state index is 11.4. The predicted molar refractivity (Wildman–Crippen MR) is 59.1 cm³/mol. The van der Waals surface area contributed by atoms with Crippen molar-refractivity contribution in [3.63, 3.8) is 0 Å². The second-order valence-corrected chi connectivity index (χ2v) is 3.53. The Morgan fingerprint density at radius 2 is 2.33 bits per heavy atom. The third-order valence-electron chi connectivity index (χ3n) is 2.27. The number of rotatable bonds is 5. The fourth-order valence-electron chi connectivity index (χ4n) is 1.37. The van der Waals surface area contributed by atoms with Crippen LogP contribution in [0.5, 0.6) is 0 Å². The van der Waals surface area contributed by atoms with Crippen molar-refractivity contribution in [3.05, 3.63) is 40.0 Å². The molecule has 2 aromatic rings. The van der Waals surface area contributed by atoms with Crippen LogP contribution in [0.4, 0.5) is 5.82 Å². The van der Waals surface area contributed by atoms with Crippen LogP contribution in [0.1, 0.15) is 29.7 Å². The lowest BCUT2D eigenvalue weighted by Crippen LogP contribution is -2.03. The highest BCUT2D eigenvalue weighted by molar-refractivity contribution is 5.93. The number of carbonyl (C=O) groups excluding carboxylic acids is 1. The molecule has 0 unspecified atom stereocenters. The fourth-order valence-corrected chi connectivity index (χ4v) is 1.37. The fraction of sp³-hybridized carbons (Fsp3) is 0.300. The van der Waals surface area contributed by atoms with Gasteiger partial charge in [0.25, 0.3) is 0 Å². The van der Waals surface area contributed by atoms with E-state index in [9.17, 15) is 14.9 Å². The maximum Gasteiger partial charge on any atom is 0.410 e. The van der Waals surface area contributed by atoms with Gasteiger partial charge in [0.05, 0.1) is 5.10 Å². The van der Waals surface area contributed by atoms with E-state index in [0.717, 1.165) is 11.0 Å². The molecule has 0 radical (unpaired) electrons. The van der Waals surface area contributed by atoms with Gasteiger partial charge in [-0.25, -0.2) is 0 Å². The van der Waals surface area contributed by atoms with Crippen LogP contribution < -0.4 is 0 Å². The molecule has 0 saturated heterocycles. The first-order chi connectivity index (χ1) is 8.60. The maximum atomic E-state index is 11.4. The molecule has 0 aromatic carbocycles. The van der Waals surface area contributed by atoms with E-state index in [4.69, 9.17) is 4.42 Å². The molecule has 0 aliphatic rings. The molecule has 0 N–H and O–H groups in total. The normalized spacial score (nSPS) is 10.5. The van der Waals surface area contributed by atoms with E-state index in [1.54, 1.807) is 19.1 Å². The summed E-state index contributed by atoms with van der Waals surface area (Å²) in [6.45, 7) is 1.88. The Labute approximate surface area is 101 Å². The van der Waals surface area contributed by atoms with Crippen molar-refractivity contribution in [2.45, 2.75) is 19.9 Å². The molecule has 0 amide bonds. The number of nitrogens with zero attached hydrogens (tertiary/aromatic N) is 4. The summed E-state index contributed by atoms with van der Waals surface area (Å²) in [4.78, 5) is 22.3. The van der Waals surface area contributed by atoms with Crippen LogP contribution in [-0.2, 0) is 6.54 Å². The average molecular weight is 250 g/mol. The SMILES string of the molecule is CCC(=O)c1ccc(Cn2ncc([N+](=O)[O-])n2)o1. The van der Waals surface area contributed by atoms with Crippen molar-refractivity contribution >= 4 is 11.6 Å². The van der Waals surface area contributed by atoms with Crippen molar-refractivity contribution in [2.24, 2.45) is 0 Å². The summed E-state index contributed by atoms with van der Waals surface area (Å²) in [6.07, 6.45) is 1.42. The monoisotopic (exact) mass is 250 g/mol. The number of nitro groups is 1. The van der Waals surface area contributed by atoms with Gasteiger partial charge in [0.1, 0.15) is 12.3 Å². The van der Waals surface area contributed by atoms with Gasteiger partial charge in [-0.15, -0.1) is 5.10 Å². The minimum absolute atomic E-state index is 0.0966. The highest BCUT2D eigenvalue weighted by Crippen LogP contribution is 2.11. The first kappa shape index (κ1) is 12.0. The van der Waals surface area contributed by atoms with Crippen molar-refractivity contribution in [1.29, 1.82) is 0 Å². The highest BCUT2D eigenvalue weighted by Gasteiger charge is 2.15. The third-order valence-corrected chi connectivity index (χ3v) is 2.27. The quantitative estimate of drug-likeness (QED) is 0.451. The molecule has 94 valence electrons. The molecule has 0 atom stereocenters. The zero-order valence-electron chi connectivity index (χ0n) is 9.57. The molecular formula is C10H10N4O4. The summed E-state index contributed by atoms with van der Waals surface area (Å²) in [7, 11) is 0. The lowest BCUT2D eigenvalue weighted by Gasteiger charge is -1.92. The molecule has 2 aromatic heterocycles. The summed E-state index contributed by atoms with van der Waals surface area (Å²) in [6, 6.07) is 3.19. The summed E-state index contributed by atoms with van der Waals surface area (Å²) in [5, 5.41) is 17.8. The van der Waals surface area contributed by atoms with Gasteiger partial charge in [0, 0.05) is 6.42 Å². The molecule has 0 bridgehead atoms. The molecule has 0 fully saturated rings. The number of hydrogen-bond donors (Lipinski definition) is 0. The van der Waals surface area contributed by atoms with E-state index in [0.29, 0.717) is 12.2 Å². The first-order valence-electron chi connectivity index (χ1n) is 5.26. The lowest BCUT2D eigenvalue weighted by atomic mass is 10.2.